The van der Waals surface area contributed by atoms with E-state index in [1.807, 2.05) is 6.07 Å². The molecule has 0 fully saturated rings. The summed E-state index contributed by atoms with van der Waals surface area (Å²) < 4.78 is 13.4. The van der Waals surface area contributed by atoms with E-state index in [0.717, 1.165) is 0 Å². The summed E-state index contributed by atoms with van der Waals surface area (Å²) >= 11 is 0. The van der Waals surface area contributed by atoms with Crippen molar-refractivity contribution >= 4 is 5.82 Å². The van der Waals surface area contributed by atoms with Crippen molar-refractivity contribution in [1.29, 1.82) is 5.26 Å². The van der Waals surface area contributed by atoms with Crippen LogP contribution in [0.1, 0.15) is 12.1 Å². The Bertz CT molecular complexity index is 358. The monoisotopic (exact) mass is 194 g/mol. The average molecular weight is 194 g/mol. The highest BCUT2D eigenvalue weighted by atomic mass is 19.1. The highest BCUT2D eigenvalue weighted by molar-refractivity contribution is 5.39. The van der Waals surface area contributed by atoms with E-state index in [9.17, 15) is 4.39 Å². The van der Waals surface area contributed by atoms with Crippen LogP contribution in [0.2, 0.25) is 0 Å². The zero-order valence-corrected chi connectivity index (χ0v) is 8.16. The summed E-state index contributed by atoms with van der Waals surface area (Å²) in [6.07, 6.45) is 1.66. The Balaban J connectivity index is 2.85. The van der Waals surface area contributed by atoms with Crippen molar-refractivity contribution in [3.63, 3.8) is 0 Å². The molecule has 0 aliphatic carbocycles. The minimum atomic E-state index is -0.423. The number of rotatable bonds is 3. The number of hydrogen-bond donors (Lipinski definition) is 0. The lowest BCUT2D eigenvalue weighted by Crippen LogP contribution is -2.21. The third-order valence-corrected chi connectivity index (χ3v) is 1.87. The first-order valence-electron chi connectivity index (χ1n) is 4.22. The lowest BCUT2D eigenvalue weighted by atomic mass is 10.3. The van der Waals surface area contributed by atoms with Crippen LogP contribution in [0, 0.1) is 24.1 Å². The second-order valence-corrected chi connectivity index (χ2v) is 2.93. The van der Waals surface area contributed by atoms with E-state index in [4.69, 9.17) is 5.26 Å². The fourth-order valence-electron chi connectivity index (χ4n) is 1.04. The van der Waals surface area contributed by atoms with Gasteiger partial charge in [-0.3, -0.25) is 0 Å². The van der Waals surface area contributed by atoms with Gasteiger partial charge in [-0.05, 0) is 6.92 Å². The smallest absolute Gasteiger partial charge is 0.186 e. The van der Waals surface area contributed by atoms with Crippen molar-refractivity contribution in [2.24, 2.45) is 0 Å². The number of nitriles is 1. The molecule has 0 saturated carbocycles. The summed E-state index contributed by atoms with van der Waals surface area (Å²) in [5.41, 5.74) is 0.318. The topological polar surface area (TPSA) is 52.8 Å². The van der Waals surface area contributed by atoms with Crippen LogP contribution in [0.15, 0.2) is 6.33 Å². The molecule has 0 aromatic carbocycles. The minimum Gasteiger partial charge on any atom is -0.356 e. The van der Waals surface area contributed by atoms with Gasteiger partial charge in [0.2, 0.25) is 0 Å². The number of nitrogens with zero attached hydrogens (tertiary/aromatic N) is 4. The number of anilines is 1. The Morgan fingerprint density at radius 1 is 1.57 bits per heavy atom. The molecule has 1 aromatic rings. The summed E-state index contributed by atoms with van der Waals surface area (Å²) in [5.74, 6) is -0.180. The van der Waals surface area contributed by atoms with E-state index in [1.165, 1.54) is 6.33 Å². The van der Waals surface area contributed by atoms with Gasteiger partial charge in [0.1, 0.15) is 6.33 Å². The first-order chi connectivity index (χ1) is 6.66. The van der Waals surface area contributed by atoms with Crippen molar-refractivity contribution in [3.8, 4) is 6.07 Å². The second-order valence-electron chi connectivity index (χ2n) is 2.93. The van der Waals surface area contributed by atoms with Gasteiger partial charge in [-0.15, -0.1) is 0 Å². The molecule has 0 aliphatic heterocycles. The van der Waals surface area contributed by atoms with Crippen molar-refractivity contribution in [2.75, 3.05) is 18.5 Å². The Morgan fingerprint density at radius 3 is 2.93 bits per heavy atom. The fraction of sp³-hybridized carbons (Fsp3) is 0.444. The van der Waals surface area contributed by atoms with Gasteiger partial charge < -0.3 is 4.90 Å². The number of aromatic nitrogens is 2. The predicted molar refractivity (Wildman–Crippen MR) is 50.2 cm³/mol. The number of hydrogen-bond acceptors (Lipinski definition) is 4. The number of halogens is 1. The van der Waals surface area contributed by atoms with Crippen LogP contribution in [-0.4, -0.2) is 23.6 Å². The Labute approximate surface area is 82.0 Å². The zero-order valence-electron chi connectivity index (χ0n) is 8.16. The van der Waals surface area contributed by atoms with Gasteiger partial charge in [-0.2, -0.15) is 5.26 Å². The van der Waals surface area contributed by atoms with E-state index >= 15 is 0 Å². The van der Waals surface area contributed by atoms with Crippen LogP contribution in [-0.2, 0) is 0 Å². The van der Waals surface area contributed by atoms with Crippen LogP contribution in [0.25, 0.3) is 0 Å². The molecule has 4 nitrogen and oxygen atoms in total. The maximum Gasteiger partial charge on any atom is 0.186 e. The molecule has 0 bridgehead atoms. The third-order valence-electron chi connectivity index (χ3n) is 1.87. The predicted octanol–water partition coefficient (Wildman–Crippen LogP) is 1.27. The maximum absolute atomic E-state index is 13.4. The Hall–Kier alpha value is -1.70. The van der Waals surface area contributed by atoms with E-state index in [2.05, 4.69) is 9.97 Å². The minimum absolute atomic E-state index is 0.243. The molecule has 0 unspecified atom stereocenters. The van der Waals surface area contributed by atoms with Gasteiger partial charge in [-0.25, -0.2) is 14.4 Å². The SMILES string of the molecule is Cc1ncnc(N(C)CCC#N)c1F. The first-order valence-corrected chi connectivity index (χ1v) is 4.22. The molecule has 0 aliphatic rings. The van der Waals surface area contributed by atoms with Crippen LogP contribution >= 0.6 is 0 Å². The van der Waals surface area contributed by atoms with Gasteiger partial charge in [-0.1, -0.05) is 0 Å². The lowest BCUT2D eigenvalue weighted by Gasteiger charge is -2.16. The molecule has 14 heavy (non-hydrogen) atoms. The molecule has 1 heterocycles. The Morgan fingerprint density at radius 2 is 2.29 bits per heavy atom. The summed E-state index contributed by atoms with van der Waals surface area (Å²) in [5, 5.41) is 8.38. The fourth-order valence-corrected chi connectivity index (χ4v) is 1.04. The van der Waals surface area contributed by atoms with Crippen LogP contribution < -0.4 is 4.90 Å². The molecule has 5 heteroatoms. The largest absolute Gasteiger partial charge is 0.356 e. The van der Waals surface area contributed by atoms with Crippen molar-refractivity contribution in [2.45, 2.75) is 13.3 Å². The van der Waals surface area contributed by atoms with Crippen molar-refractivity contribution in [1.82, 2.24) is 9.97 Å². The summed E-state index contributed by atoms with van der Waals surface area (Å²) in [6.45, 7) is 2.04. The third kappa shape index (κ3) is 2.16. The van der Waals surface area contributed by atoms with E-state index in [1.54, 1.807) is 18.9 Å². The molecule has 0 amide bonds. The van der Waals surface area contributed by atoms with Crippen molar-refractivity contribution in [3.05, 3.63) is 17.8 Å². The van der Waals surface area contributed by atoms with Crippen LogP contribution in [0.5, 0.6) is 0 Å². The summed E-state index contributed by atoms with van der Waals surface area (Å²) in [4.78, 5) is 9.15. The molecular weight excluding hydrogens is 183 g/mol. The standard InChI is InChI=1S/C9H11FN4/c1-7-8(10)9(13-6-12-7)14(2)5-3-4-11/h6H,3,5H2,1-2H3. The van der Waals surface area contributed by atoms with Gasteiger partial charge >= 0.3 is 0 Å². The quantitative estimate of drug-likeness (QED) is 0.727. The normalized spacial score (nSPS) is 9.57. The van der Waals surface area contributed by atoms with E-state index < -0.39 is 5.82 Å². The number of aryl methyl sites for hydroxylation is 1. The van der Waals surface area contributed by atoms with Gasteiger partial charge in [0.25, 0.3) is 0 Å². The van der Waals surface area contributed by atoms with E-state index in [-0.39, 0.29) is 5.82 Å². The highest BCUT2D eigenvalue weighted by Crippen LogP contribution is 2.15. The zero-order chi connectivity index (χ0) is 10.6. The van der Waals surface area contributed by atoms with Gasteiger partial charge in [0.05, 0.1) is 18.2 Å². The average Bonchev–Trinajstić information content (AvgIpc) is 2.18. The van der Waals surface area contributed by atoms with Crippen LogP contribution in [0.4, 0.5) is 10.2 Å². The molecule has 0 radical (unpaired) electrons. The van der Waals surface area contributed by atoms with Crippen molar-refractivity contribution < 1.29 is 4.39 Å². The molecular formula is C9H11FN4. The molecule has 0 N–H and O–H groups in total. The summed E-state index contributed by atoms with van der Waals surface area (Å²) in [6, 6.07) is 1.99. The Kier molecular flexibility index (Phi) is 3.35. The first kappa shape index (κ1) is 10.4. The summed E-state index contributed by atoms with van der Waals surface area (Å²) in [7, 11) is 1.70. The second kappa shape index (κ2) is 4.51. The van der Waals surface area contributed by atoms with Gasteiger partial charge in [0, 0.05) is 13.6 Å². The molecule has 0 atom stereocenters. The maximum atomic E-state index is 13.4. The van der Waals surface area contributed by atoms with Crippen LogP contribution in [0.3, 0.4) is 0 Å². The molecule has 1 aromatic heterocycles. The highest BCUT2D eigenvalue weighted by Gasteiger charge is 2.11. The van der Waals surface area contributed by atoms with E-state index in [0.29, 0.717) is 18.7 Å². The molecule has 1 rings (SSSR count). The molecule has 0 spiro atoms. The lowest BCUT2D eigenvalue weighted by molar-refractivity contribution is 0.596. The molecule has 74 valence electrons. The molecule has 0 saturated heterocycles. The van der Waals surface area contributed by atoms with Gasteiger partial charge in [0.15, 0.2) is 11.6 Å².